The van der Waals surface area contributed by atoms with Crippen molar-refractivity contribution < 1.29 is 4.39 Å². The Labute approximate surface area is 114 Å². The second-order valence-electron chi connectivity index (χ2n) is 5.07. The standard InChI is InChI=1S/C17H20FN/c1-12-4-5-15(10-13(12)2)11-19-14(3)16-6-8-17(18)9-7-16/h4-10,14,19H,11H2,1-3H3. The highest BCUT2D eigenvalue weighted by atomic mass is 19.1. The number of rotatable bonds is 4. The molecule has 1 N–H and O–H groups in total. The maximum Gasteiger partial charge on any atom is 0.123 e. The van der Waals surface area contributed by atoms with Gasteiger partial charge in [0.25, 0.3) is 0 Å². The van der Waals surface area contributed by atoms with Gasteiger partial charge in [0.05, 0.1) is 0 Å². The van der Waals surface area contributed by atoms with Crippen LogP contribution in [-0.4, -0.2) is 0 Å². The van der Waals surface area contributed by atoms with Crippen molar-refractivity contribution in [1.29, 1.82) is 0 Å². The molecule has 1 atom stereocenters. The van der Waals surface area contributed by atoms with Crippen LogP contribution in [0.4, 0.5) is 4.39 Å². The molecule has 0 radical (unpaired) electrons. The second kappa shape index (κ2) is 5.98. The molecule has 19 heavy (non-hydrogen) atoms. The van der Waals surface area contributed by atoms with E-state index in [-0.39, 0.29) is 11.9 Å². The van der Waals surface area contributed by atoms with Crippen molar-refractivity contribution in [3.05, 3.63) is 70.5 Å². The van der Waals surface area contributed by atoms with E-state index in [0.29, 0.717) is 0 Å². The molecular weight excluding hydrogens is 237 g/mol. The third-order valence-corrected chi connectivity index (χ3v) is 3.55. The quantitative estimate of drug-likeness (QED) is 0.861. The van der Waals surface area contributed by atoms with Crippen LogP contribution in [0.5, 0.6) is 0 Å². The fraction of sp³-hybridized carbons (Fsp3) is 0.294. The Morgan fingerprint density at radius 3 is 2.32 bits per heavy atom. The normalized spacial score (nSPS) is 12.4. The lowest BCUT2D eigenvalue weighted by Gasteiger charge is -2.15. The Kier molecular flexibility index (Phi) is 4.33. The molecule has 1 nitrogen and oxygen atoms in total. The minimum absolute atomic E-state index is 0.190. The van der Waals surface area contributed by atoms with Crippen LogP contribution in [0.25, 0.3) is 0 Å². The molecule has 0 aliphatic carbocycles. The number of nitrogens with one attached hydrogen (secondary N) is 1. The molecule has 0 bridgehead atoms. The monoisotopic (exact) mass is 257 g/mol. The smallest absolute Gasteiger partial charge is 0.123 e. The van der Waals surface area contributed by atoms with E-state index in [4.69, 9.17) is 0 Å². The van der Waals surface area contributed by atoms with E-state index in [1.165, 1.54) is 28.8 Å². The summed E-state index contributed by atoms with van der Waals surface area (Å²) < 4.78 is 12.9. The first-order valence-corrected chi connectivity index (χ1v) is 6.61. The molecule has 100 valence electrons. The average Bonchev–Trinajstić information content (AvgIpc) is 2.40. The lowest BCUT2D eigenvalue weighted by Crippen LogP contribution is -2.18. The third kappa shape index (κ3) is 3.65. The van der Waals surface area contributed by atoms with Crippen LogP contribution in [0.2, 0.25) is 0 Å². The topological polar surface area (TPSA) is 12.0 Å². The van der Waals surface area contributed by atoms with Gasteiger partial charge in [-0.2, -0.15) is 0 Å². The van der Waals surface area contributed by atoms with Gasteiger partial charge in [0, 0.05) is 12.6 Å². The van der Waals surface area contributed by atoms with Crippen molar-refractivity contribution in [1.82, 2.24) is 5.32 Å². The van der Waals surface area contributed by atoms with Crippen molar-refractivity contribution in [2.75, 3.05) is 0 Å². The van der Waals surface area contributed by atoms with Crippen molar-refractivity contribution >= 4 is 0 Å². The first-order valence-electron chi connectivity index (χ1n) is 6.61. The molecule has 0 amide bonds. The summed E-state index contributed by atoms with van der Waals surface area (Å²) >= 11 is 0. The summed E-state index contributed by atoms with van der Waals surface area (Å²) in [6, 6.07) is 13.4. The molecule has 1 unspecified atom stereocenters. The van der Waals surface area contributed by atoms with Crippen molar-refractivity contribution in [2.24, 2.45) is 0 Å². The summed E-state index contributed by atoms with van der Waals surface area (Å²) in [4.78, 5) is 0. The highest BCUT2D eigenvalue weighted by molar-refractivity contribution is 5.30. The summed E-state index contributed by atoms with van der Waals surface area (Å²) in [5.74, 6) is -0.190. The summed E-state index contributed by atoms with van der Waals surface area (Å²) in [7, 11) is 0. The van der Waals surface area contributed by atoms with Gasteiger partial charge in [-0.25, -0.2) is 4.39 Å². The average molecular weight is 257 g/mol. The summed E-state index contributed by atoms with van der Waals surface area (Å²) in [5.41, 5.74) is 5.01. The first-order chi connectivity index (χ1) is 9.06. The van der Waals surface area contributed by atoms with Gasteiger partial charge in [-0.15, -0.1) is 0 Å². The first kappa shape index (κ1) is 13.8. The largest absolute Gasteiger partial charge is 0.306 e. The molecule has 0 spiro atoms. The van der Waals surface area contributed by atoms with E-state index in [9.17, 15) is 4.39 Å². The minimum Gasteiger partial charge on any atom is -0.306 e. The summed E-state index contributed by atoms with van der Waals surface area (Å²) in [6.07, 6.45) is 0. The highest BCUT2D eigenvalue weighted by Gasteiger charge is 2.05. The molecule has 0 saturated heterocycles. The number of aryl methyl sites for hydroxylation is 2. The van der Waals surface area contributed by atoms with Crippen LogP contribution in [0, 0.1) is 19.7 Å². The number of hydrogen-bond donors (Lipinski definition) is 1. The Balaban J connectivity index is 1.98. The third-order valence-electron chi connectivity index (χ3n) is 3.55. The molecule has 2 rings (SSSR count). The lowest BCUT2D eigenvalue weighted by molar-refractivity contribution is 0.571. The van der Waals surface area contributed by atoms with Gasteiger partial charge in [0.1, 0.15) is 5.82 Å². The maximum atomic E-state index is 12.9. The Morgan fingerprint density at radius 1 is 1.00 bits per heavy atom. The van der Waals surface area contributed by atoms with Crippen LogP contribution in [-0.2, 0) is 6.54 Å². The Hall–Kier alpha value is -1.67. The van der Waals surface area contributed by atoms with Crippen LogP contribution >= 0.6 is 0 Å². The Morgan fingerprint density at radius 2 is 1.68 bits per heavy atom. The zero-order valence-electron chi connectivity index (χ0n) is 11.7. The Bertz CT molecular complexity index is 546. The van der Waals surface area contributed by atoms with E-state index in [1.54, 1.807) is 0 Å². The van der Waals surface area contributed by atoms with Gasteiger partial charge in [0.15, 0.2) is 0 Å². The van der Waals surface area contributed by atoms with E-state index in [0.717, 1.165) is 12.1 Å². The number of halogens is 1. The molecule has 0 heterocycles. The van der Waals surface area contributed by atoms with E-state index < -0.39 is 0 Å². The van der Waals surface area contributed by atoms with E-state index >= 15 is 0 Å². The van der Waals surface area contributed by atoms with Gasteiger partial charge in [-0.05, 0) is 55.2 Å². The van der Waals surface area contributed by atoms with Gasteiger partial charge >= 0.3 is 0 Å². The van der Waals surface area contributed by atoms with Gasteiger partial charge in [-0.1, -0.05) is 30.3 Å². The minimum atomic E-state index is -0.190. The molecule has 2 heteroatoms. The molecule has 2 aromatic rings. The van der Waals surface area contributed by atoms with Crippen LogP contribution in [0.15, 0.2) is 42.5 Å². The van der Waals surface area contributed by atoms with Crippen molar-refractivity contribution in [2.45, 2.75) is 33.4 Å². The fourth-order valence-electron chi connectivity index (χ4n) is 2.05. The predicted octanol–water partition coefficient (Wildman–Crippen LogP) is 4.29. The molecule has 0 aromatic heterocycles. The highest BCUT2D eigenvalue weighted by Crippen LogP contribution is 2.15. The number of benzene rings is 2. The second-order valence-corrected chi connectivity index (χ2v) is 5.07. The molecule has 0 aliphatic rings. The maximum absolute atomic E-state index is 12.9. The summed E-state index contributed by atoms with van der Waals surface area (Å²) in [6.45, 7) is 7.16. The van der Waals surface area contributed by atoms with E-state index in [1.807, 2.05) is 12.1 Å². The van der Waals surface area contributed by atoms with Gasteiger partial charge < -0.3 is 5.32 Å². The van der Waals surface area contributed by atoms with Gasteiger partial charge in [0.2, 0.25) is 0 Å². The zero-order valence-corrected chi connectivity index (χ0v) is 11.7. The number of hydrogen-bond acceptors (Lipinski definition) is 1. The van der Waals surface area contributed by atoms with E-state index in [2.05, 4.69) is 44.3 Å². The van der Waals surface area contributed by atoms with Crippen molar-refractivity contribution in [3.8, 4) is 0 Å². The van der Waals surface area contributed by atoms with Crippen LogP contribution < -0.4 is 5.32 Å². The van der Waals surface area contributed by atoms with Crippen LogP contribution in [0.3, 0.4) is 0 Å². The van der Waals surface area contributed by atoms with Gasteiger partial charge in [-0.3, -0.25) is 0 Å². The fourth-order valence-corrected chi connectivity index (χ4v) is 2.05. The summed E-state index contributed by atoms with van der Waals surface area (Å²) in [5, 5.41) is 3.46. The SMILES string of the molecule is Cc1ccc(CNC(C)c2ccc(F)cc2)cc1C. The van der Waals surface area contributed by atoms with Crippen molar-refractivity contribution in [3.63, 3.8) is 0 Å². The zero-order chi connectivity index (χ0) is 13.8. The lowest BCUT2D eigenvalue weighted by atomic mass is 10.1. The predicted molar refractivity (Wildman–Crippen MR) is 77.6 cm³/mol. The molecule has 0 fully saturated rings. The molecular formula is C17H20FN. The van der Waals surface area contributed by atoms with Crippen LogP contribution in [0.1, 0.15) is 35.2 Å². The molecule has 2 aromatic carbocycles. The molecule has 0 saturated carbocycles. The molecule has 0 aliphatic heterocycles.